The van der Waals surface area contributed by atoms with Gasteiger partial charge >= 0.3 is 5.97 Å². The fraction of sp³-hybridized carbons (Fsp3) is 0.579. The largest absolute Gasteiger partial charge is 0.479 e. The minimum atomic E-state index is -2.43. The smallest absolute Gasteiger partial charge is 0.346 e. The average Bonchev–Trinajstić information content (AvgIpc) is 3.16. The van der Waals surface area contributed by atoms with Crippen LogP contribution >= 0.6 is 0 Å². The molecule has 1 aliphatic heterocycles. The summed E-state index contributed by atoms with van der Waals surface area (Å²) in [7, 11) is 0. The van der Waals surface area contributed by atoms with Crippen LogP contribution in [0.25, 0.3) is 0 Å². The van der Waals surface area contributed by atoms with Crippen LogP contribution < -0.4 is 0 Å². The molecule has 1 saturated heterocycles. The molecule has 2 aliphatic rings. The van der Waals surface area contributed by atoms with Gasteiger partial charge in [0.15, 0.2) is 0 Å². The van der Waals surface area contributed by atoms with Gasteiger partial charge in [0.05, 0.1) is 0 Å². The Kier molecular flexibility index (Phi) is 4.63. The number of aliphatic carboxylic acids is 1. The second kappa shape index (κ2) is 6.55. The number of hydrogen-bond donors (Lipinski definition) is 2. The Labute approximate surface area is 142 Å². The lowest BCUT2D eigenvalue weighted by atomic mass is 9.59. The first kappa shape index (κ1) is 17.0. The van der Waals surface area contributed by atoms with Crippen LogP contribution in [0.5, 0.6) is 0 Å². The molecular formula is C19H24NO4. The van der Waals surface area contributed by atoms with Crippen LogP contribution in [-0.4, -0.2) is 45.7 Å². The summed E-state index contributed by atoms with van der Waals surface area (Å²) in [5.74, 6) is -2.11. The van der Waals surface area contributed by atoms with Gasteiger partial charge in [0.25, 0.3) is 11.5 Å². The molecule has 5 heteroatoms. The minimum Gasteiger partial charge on any atom is -0.479 e. The number of hydrogen-bond acceptors (Lipinski definition) is 3. The first-order valence-corrected chi connectivity index (χ1v) is 8.75. The predicted molar refractivity (Wildman–Crippen MR) is 88.4 cm³/mol. The molecule has 1 amide bonds. The van der Waals surface area contributed by atoms with E-state index in [9.17, 15) is 19.8 Å². The molecule has 1 heterocycles. The number of likely N-dealkylation sites (tertiary alicyclic amines) is 1. The third-order valence-electron chi connectivity index (χ3n) is 5.64. The van der Waals surface area contributed by atoms with Gasteiger partial charge in [0.2, 0.25) is 0 Å². The highest BCUT2D eigenvalue weighted by molar-refractivity contribution is 6.07. The van der Waals surface area contributed by atoms with Crippen molar-refractivity contribution in [3.05, 3.63) is 35.9 Å². The zero-order chi connectivity index (χ0) is 17.2. The second-order valence-corrected chi connectivity index (χ2v) is 6.93. The third-order valence-corrected chi connectivity index (χ3v) is 5.64. The van der Waals surface area contributed by atoms with Crippen LogP contribution in [0.1, 0.15) is 50.5 Å². The van der Waals surface area contributed by atoms with Crippen LogP contribution in [-0.2, 0) is 15.0 Å². The highest BCUT2D eigenvalue weighted by Crippen LogP contribution is 2.48. The molecule has 5 nitrogen and oxygen atoms in total. The van der Waals surface area contributed by atoms with E-state index in [2.05, 4.69) is 6.07 Å². The van der Waals surface area contributed by atoms with E-state index in [1.54, 1.807) is 12.1 Å². The summed E-state index contributed by atoms with van der Waals surface area (Å²) >= 11 is 0. The summed E-state index contributed by atoms with van der Waals surface area (Å²) in [6.45, 7) is 1.03. The second-order valence-electron chi connectivity index (χ2n) is 6.93. The number of benzene rings is 1. The highest BCUT2D eigenvalue weighted by atomic mass is 16.4. The molecule has 0 spiro atoms. The molecule has 1 radical (unpaired) electrons. The van der Waals surface area contributed by atoms with Crippen molar-refractivity contribution >= 4 is 11.9 Å². The van der Waals surface area contributed by atoms with Gasteiger partial charge in [-0.2, -0.15) is 0 Å². The highest BCUT2D eigenvalue weighted by Gasteiger charge is 2.63. The summed E-state index contributed by atoms with van der Waals surface area (Å²) < 4.78 is 0. The van der Waals surface area contributed by atoms with Crippen molar-refractivity contribution in [2.24, 2.45) is 0 Å². The molecule has 1 aliphatic carbocycles. The van der Waals surface area contributed by atoms with Gasteiger partial charge in [-0.15, -0.1) is 0 Å². The summed E-state index contributed by atoms with van der Waals surface area (Å²) in [5.41, 5.74) is -2.92. The zero-order valence-corrected chi connectivity index (χ0v) is 13.8. The maximum atomic E-state index is 13.1. The molecule has 2 fully saturated rings. The predicted octanol–water partition coefficient (Wildman–Crippen LogP) is 2.13. The Balaban J connectivity index is 2.11. The molecule has 1 aromatic rings. The molecule has 0 bridgehead atoms. The monoisotopic (exact) mass is 330 g/mol. The number of carboxylic acid groups (broad SMARTS) is 1. The van der Waals surface area contributed by atoms with E-state index < -0.39 is 22.9 Å². The van der Waals surface area contributed by atoms with E-state index in [1.807, 2.05) is 12.1 Å². The molecule has 1 atom stereocenters. The Morgan fingerprint density at radius 3 is 2.29 bits per heavy atom. The number of carboxylic acids is 1. The van der Waals surface area contributed by atoms with E-state index in [0.29, 0.717) is 31.5 Å². The SMILES string of the molecule is O=C(O)C(O)(C(=O)N1CCCC1)C1(c2[c]cccc2)CCCCC1. The zero-order valence-electron chi connectivity index (χ0n) is 13.8. The van der Waals surface area contributed by atoms with Gasteiger partial charge in [-0.3, -0.25) is 4.79 Å². The fourth-order valence-corrected chi connectivity index (χ4v) is 4.32. The Bertz CT molecular complexity index is 603. The molecule has 1 unspecified atom stereocenters. The van der Waals surface area contributed by atoms with Crippen molar-refractivity contribution in [3.8, 4) is 0 Å². The number of carbonyl (C=O) groups is 2. The van der Waals surface area contributed by atoms with Crippen molar-refractivity contribution in [1.82, 2.24) is 4.90 Å². The van der Waals surface area contributed by atoms with Gasteiger partial charge in [-0.1, -0.05) is 43.5 Å². The maximum Gasteiger partial charge on any atom is 0.346 e. The van der Waals surface area contributed by atoms with Crippen LogP contribution in [0.4, 0.5) is 0 Å². The Hall–Kier alpha value is -1.88. The molecule has 1 saturated carbocycles. The van der Waals surface area contributed by atoms with E-state index in [1.165, 1.54) is 4.90 Å². The summed E-state index contributed by atoms with van der Waals surface area (Å²) in [5, 5.41) is 21.3. The number of carbonyl (C=O) groups excluding carboxylic acids is 1. The number of rotatable bonds is 4. The quantitative estimate of drug-likeness (QED) is 0.829. The van der Waals surface area contributed by atoms with Crippen molar-refractivity contribution in [2.45, 2.75) is 56.0 Å². The maximum absolute atomic E-state index is 13.1. The molecule has 129 valence electrons. The molecule has 2 N–H and O–H groups in total. The van der Waals surface area contributed by atoms with Crippen LogP contribution in [0.3, 0.4) is 0 Å². The van der Waals surface area contributed by atoms with Gasteiger partial charge < -0.3 is 15.1 Å². The average molecular weight is 330 g/mol. The molecule has 0 aromatic heterocycles. The third kappa shape index (κ3) is 2.51. The standard InChI is InChI=1S/C19H24NO4/c21-16(20-13-7-8-14-20)19(24,17(22)23)18(11-5-2-6-12-18)15-9-3-1-4-10-15/h1,3-4,9,24H,2,5-8,11-14H2,(H,22,23). The van der Waals surface area contributed by atoms with E-state index >= 15 is 0 Å². The van der Waals surface area contributed by atoms with Crippen molar-refractivity contribution in [3.63, 3.8) is 0 Å². The Morgan fingerprint density at radius 1 is 1.08 bits per heavy atom. The fourth-order valence-electron chi connectivity index (χ4n) is 4.32. The number of aliphatic hydroxyl groups is 1. The molecule has 24 heavy (non-hydrogen) atoms. The summed E-state index contributed by atoms with van der Waals surface area (Å²) in [6.07, 6.45) is 5.25. The lowest BCUT2D eigenvalue weighted by Crippen LogP contribution is -2.66. The van der Waals surface area contributed by atoms with E-state index in [-0.39, 0.29) is 0 Å². The van der Waals surface area contributed by atoms with E-state index in [0.717, 1.165) is 32.1 Å². The number of amides is 1. The van der Waals surface area contributed by atoms with Crippen LogP contribution in [0, 0.1) is 6.07 Å². The topological polar surface area (TPSA) is 77.8 Å². The normalized spacial score (nSPS) is 22.8. The van der Waals surface area contributed by atoms with Gasteiger partial charge in [0.1, 0.15) is 0 Å². The molecular weight excluding hydrogens is 306 g/mol. The van der Waals surface area contributed by atoms with Crippen molar-refractivity contribution < 1.29 is 19.8 Å². The lowest BCUT2D eigenvalue weighted by Gasteiger charge is -2.47. The summed E-state index contributed by atoms with van der Waals surface area (Å²) in [6, 6.07) is 10.2. The first-order chi connectivity index (χ1) is 11.5. The number of nitrogens with zero attached hydrogens (tertiary/aromatic N) is 1. The molecule has 3 rings (SSSR count). The van der Waals surface area contributed by atoms with Gasteiger partial charge in [-0.05, 0) is 37.3 Å². The van der Waals surface area contributed by atoms with E-state index in [4.69, 9.17) is 0 Å². The lowest BCUT2D eigenvalue weighted by molar-refractivity contribution is -0.183. The minimum absolute atomic E-state index is 0.482. The Morgan fingerprint density at radius 2 is 1.75 bits per heavy atom. The van der Waals surface area contributed by atoms with Crippen LogP contribution in [0.15, 0.2) is 24.3 Å². The van der Waals surface area contributed by atoms with Gasteiger partial charge in [0, 0.05) is 18.5 Å². The van der Waals surface area contributed by atoms with Gasteiger partial charge in [-0.25, -0.2) is 4.79 Å². The van der Waals surface area contributed by atoms with Crippen LogP contribution in [0.2, 0.25) is 0 Å². The van der Waals surface area contributed by atoms with Crippen molar-refractivity contribution in [2.75, 3.05) is 13.1 Å². The first-order valence-electron chi connectivity index (χ1n) is 8.75. The summed E-state index contributed by atoms with van der Waals surface area (Å²) in [4.78, 5) is 26.8. The molecule has 1 aromatic carbocycles. The van der Waals surface area contributed by atoms with Crippen molar-refractivity contribution in [1.29, 1.82) is 0 Å².